The van der Waals surface area contributed by atoms with E-state index in [-0.39, 0.29) is 0 Å². The van der Waals surface area contributed by atoms with Crippen LogP contribution in [-0.2, 0) is 18.6 Å². The molecule has 0 heterocycles. The van der Waals surface area contributed by atoms with Crippen molar-refractivity contribution in [2.75, 3.05) is 14.2 Å². The minimum atomic E-state index is 0.523. The molecule has 0 aliphatic heterocycles. The first-order valence-corrected chi connectivity index (χ1v) is 6.57. The van der Waals surface area contributed by atoms with Crippen LogP contribution in [0.1, 0.15) is 5.56 Å². The van der Waals surface area contributed by atoms with E-state index in [4.69, 9.17) is 19.1 Å². The van der Waals surface area contributed by atoms with Gasteiger partial charge in [-0.2, -0.15) is 0 Å². The molecule has 20 heavy (non-hydrogen) atoms. The van der Waals surface area contributed by atoms with Gasteiger partial charge in [0.25, 0.3) is 0 Å². The Morgan fingerprint density at radius 3 is 2.50 bits per heavy atom. The standard InChI is InChI=1S/C11H12O7S2/c1-8-6-10(14-3)11(7-9(8)13-2)20-17-15-4-5-19-18-16-12/h6-7,12H,1-3H3. The summed E-state index contributed by atoms with van der Waals surface area (Å²) in [5.41, 5.74) is 0.937. The molecule has 0 bridgehead atoms. The van der Waals surface area contributed by atoms with Crippen molar-refractivity contribution in [3.63, 3.8) is 0 Å². The van der Waals surface area contributed by atoms with E-state index in [1.54, 1.807) is 20.3 Å². The van der Waals surface area contributed by atoms with Crippen LogP contribution >= 0.6 is 24.1 Å². The molecule has 0 unspecified atom stereocenters. The van der Waals surface area contributed by atoms with Crippen LogP contribution in [0.15, 0.2) is 17.0 Å². The lowest BCUT2D eigenvalue weighted by Crippen LogP contribution is -1.92. The molecule has 0 atom stereocenters. The summed E-state index contributed by atoms with van der Waals surface area (Å²) in [6.07, 6.45) is 2.15. The number of ether oxygens (including phenoxy) is 2. The summed E-state index contributed by atoms with van der Waals surface area (Å²) in [5.74, 6) is 1.32. The lowest BCUT2D eigenvalue weighted by molar-refractivity contribution is -0.431. The molecule has 0 saturated carbocycles. The van der Waals surface area contributed by atoms with Crippen LogP contribution in [-0.4, -0.2) is 19.5 Å². The van der Waals surface area contributed by atoms with Crippen molar-refractivity contribution >= 4 is 24.1 Å². The molecule has 110 valence electrons. The molecular formula is C11H12O7S2. The molecule has 1 aromatic carbocycles. The van der Waals surface area contributed by atoms with E-state index in [0.717, 1.165) is 17.6 Å². The predicted molar refractivity (Wildman–Crippen MR) is 72.5 cm³/mol. The Morgan fingerprint density at radius 1 is 1.10 bits per heavy atom. The summed E-state index contributed by atoms with van der Waals surface area (Å²) in [5, 5.41) is 13.4. The van der Waals surface area contributed by atoms with E-state index in [1.165, 1.54) is 0 Å². The van der Waals surface area contributed by atoms with Crippen LogP contribution in [0, 0.1) is 18.3 Å². The van der Waals surface area contributed by atoms with Gasteiger partial charge in [-0.15, -0.1) is 4.33 Å². The summed E-state index contributed by atoms with van der Waals surface area (Å²) in [6.45, 7) is 1.90. The van der Waals surface area contributed by atoms with Crippen molar-refractivity contribution in [3.05, 3.63) is 17.7 Å². The minimum absolute atomic E-state index is 0.523. The van der Waals surface area contributed by atoms with E-state index >= 15 is 0 Å². The number of rotatable bonds is 7. The lowest BCUT2D eigenvalue weighted by Gasteiger charge is -2.10. The molecule has 9 heteroatoms. The van der Waals surface area contributed by atoms with Crippen molar-refractivity contribution in [2.24, 2.45) is 0 Å². The fourth-order valence-electron chi connectivity index (χ4n) is 1.22. The number of hydrogen-bond acceptors (Lipinski definition) is 9. The summed E-state index contributed by atoms with van der Waals surface area (Å²) in [4.78, 5) is 5.22. The fourth-order valence-corrected chi connectivity index (χ4v) is 1.88. The zero-order chi connectivity index (χ0) is 14.8. The fraction of sp³-hybridized carbons (Fsp3) is 0.273. The lowest BCUT2D eigenvalue weighted by atomic mass is 10.2. The summed E-state index contributed by atoms with van der Waals surface area (Å²) >= 11 is 1.44. The largest absolute Gasteiger partial charge is 0.496 e. The van der Waals surface area contributed by atoms with Gasteiger partial charge in [-0.25, -0.2) is 5.26 Å². The van der Waals surface area contributed by atoms with Crippen molar-refractivity contribution in [1.29, 1.82) is 0 Å². The first-order chi connectivity index (χ1) is 9.72. The molecule has 1 N–H and O–H groups in total. The molecule has 1 rings (SSSR count). The highest BCUT2D eigenvalue weighted by molar-refractivity contribution is 7.99. The Balaban J connectivity index is 2.55. The number of benzene rings is 1. The number of methoxy groups -OCH3 is 2. The number of hydrogen-bond donors (Lipinski definition) is 1. The maximum absolute atomic E-state index is 7.83. The van der Waals surface area contributed by atoms with Crippen LogP contribution in [0.25, 0.3) is 0 Å². The van der Waals surface area contributed by atoms with E-state index < -0.39 is 0 Å². The normalized spacial score (nSPS) is 9.60. The summed E-state index contributed by atoms with van der Waals surface area (Å²) in [6, 6.07) is 3.57. The zero-order valence-electron chi connectivity index (χ0n) is 10.9. The highest BCUT2D eigenvalue weighted by Crippen LogP contribution is 2.35. The maximum Gasteiger partial charge on any atom is 0.173 e. The molecule has 0 radical (unpaired) electrons. The van der Waals surface area contributed by atoms with Crippen molar-refractivity contribution in [3.8, 4) is 22.9 Å². The Hall–Kier alpha value is -1.28. The maximum atomic E-state index is 7.83. The second-order valence-electron chi connectivity index (χ2n) is 3.14. The molecule has 7 nitrogen and oxygen atoms in total. The molecule has 1 aromatic rings. The van der Waals surface area contributed by atoms with Crippen molar-refractivity contribution < 1.29 is 33.3 Å². The van der Waals surface area contributed by atoms with Gasteiger partial charge in [-0.1, -0.05) is 9.37 Å². The smallest absolute Gasteiger partial charge is 0.173 e. The second kappa shape index (κ2) is 9.60. The van der Waals surface area contributed by atoms with Crippen LogP contribution in [0.5, 0.6) is 11.5 Å². The molecule has 0 aliphatic rings. The first kappa shape index (κ1) is 16.8. The van der Waals surface area contributed by atoms with E-state index in [0.29, 0.717) is 28.4 Å². The summed E-state index contributed by atoms with van der Waals surface area (Å²) in [7, 11) is 3.13. The molecule has 0 amide bonds. The topological polar surface area (TPSA) is 75.6 Å². The average molecular weight is 320 g/mol. The molecule has 0 spiro atoms. The third-order valence-electron chi connectivity index (χ3n) is 2.03. The molecule has 0 saturated heterocycles. The Labute approximate surface area is 124 Å². The average Bonchev–Trinajstić information content (AvgIpc) is 2.47. The van der Waals surface area contributed by atoms with Gasteiger partial charge in [-0.05, 0) is 18.6 Å². The SMILES string of the molecule is COc1cc(SOOC#CSOOO)c(OC)cc1C. The predicted octanol–water partition coefficient (Wildman–Crippen LogP) is 2.96. The second-order valence-corrected chi connectivity index (χ2v) is 4.39. The van der Waals surface area contributed by atoms with Gasteiger partial charge >= 0.3 is 0 Å². The highest BCUT2D eigenvalue weighted by Gasteiger charge is 2.10. The van der Waals surface area contributed by atoms with Gasteiger partial charge in [0.2, 0.25) is 0 Å². The molecule has 0 aromatic heterocycles. The van der Waals surface area contributed by atoms with Crippen LogP contribution < -0.4 is 9.47 Å². The number of aryl methyl sites for hydroxylation is 1. The monoisotopic (exact) mass is 320 g/mol. The molecular weight excluding hydrogens is 308 g/mol. The van der Waals surface area contributed by atoms with Gasteiger partial charge in [0.1, 0.15) is 23.5 Å². The van der Waals surface area contributed by atoms with Gasteiger partial charge < -0.3 is 9.47 Å². The van der Waals surface area contributed by atoms with Crippen LogP contribution in [0.4, 0.5) is 0 Å². The van der Waals surface area contributed by atoms with E-state index in [2.05, 4.69) is 25.6 Å². The molecule has 0 aliphatic carbocycles. The van der Waals surface area contributed by atoms with Gasteiger partial charge in [0.15, 0.2) is 6.11 Å². The van der Waals surface area contributed by atoms with Gasteiger partial charge in [-0.3, -0.25) is 4.89 Å². The van der Waals surface area contributed by atoms with Gasteiger partial charge in [0, 0.05) is 11.3 Å². The Bertz CT molecular complexity index is 484. The first-order valence-electron chi connectivity index (χ1n) is 5.09. The van der Waals surface area contributed by atoms with E-state index in [1.807, 2.05) is 13.0 Å². The minimum Gasteiger partial charge on any atom is -0.496 e. The quantitative estimate of drug-likeness (QED) is 0.268. The zero-order valence-corrected chi connectivity index (χ0v) is 12.5. The third-order valence-corrected chi connectivity index (χ3v) is 2.96. The Morgan fingerprint density at radius 2 is 1.85 bits per heavy atom. The van der Waals surface area contributed by atoms with Crippen molar-refractivity contribution in [1.82, 2.24) is 0 Å². The third kappa shape index (κ3) is 5.38. The molecule has 0 fully saturated rings. The van der Waals surface area contributed by atoms with Crippen LogP contribution in [0.2, 0.25) is 0 Å². The van der Waals surface area contributed by atoms with E-state index in [9.17, 15) is 0 Å². The summed E-state index contributed by atoms with van der Waals surface area (Å²) < 4.78 is 19.2. The Kier molecular flexibility index (Phi) is 8.05. The van der Waals surface area contributed by atoms with Crippen LogP contribution in [0.3, 0.4) is 0 Å². The van der Waals surface area contributed by atoms with Crippen molar-refractivity contribution in [2.45, 2.75) is 11.8 Å². The van der Waals surface area contributed by atoms with Gasteiger partial charge in [0.05, 0.1) is 31.2 Å². The highest BCUT2D eigenvalue weighted by atomic mass is 32.2.